The van der Waals surface area contributed by atoms with Gasteiger partial charge in [-0.1, -0.05) is 0 Å². The third kappa shape index (κ3) is 7.35. The van der Waals surface area contributed by atoms with Gasteiger partial charge < -0.3 is 21.5 Å². The average molecular weight is 147 g/mol. The van der Waals surface area contributed by atoms with Gasteiger partial charge in [0.05, 0.1) is 6.54 Å². The van der Waals surface area contributed by atoms with Crippen LogP contribution in [0.1, 0.15) is 0 Å². The van der Waals surface area contributed by atoms with Gasteiger partial charge in [0.1, 0.15) is 0 Å². The van der Waals surface area contributed by atoms with Crippen molar-refractivity contribution in [2.45, 2.75) is 0 Å². The largest absolute Gasteiger partial charge is 0.480 e. The number of carboxylic acid groups (broad SMARTS) is 1. The Labute approximate surface area is 59.6 Å². The molecule has 0 radical (unpaired) electrons. The van der Waals surface area contributed by atoms with E-state index in [4.69, 9.17) is 10.8 Å². The van der Waals surface area contributed by atoms with Gasteiger partial charge in [0.15, 0.2) is 0 Å². The van der Waals surface area contributed by atoms with Crippen LogP contribution in [-0.2, 0) is 4.79 Å². The molecule has 0 aliphatic rings. The Balaban J connectivity index is 2.84. The van der Waals surface area contributed by atoms with Crippen molar-refractivity contribution in [1.82, 2.24) is 10.6 Å². The normalized spacial score (nSPS) is 9.70. The molecule has 0 fully saturated rings. The van der Waals surface area contributed by atoms with Crippen molar-refractivity contribution in [2.24, 2.45) is 5.73 Å². The zero-order valence-corrected chi connectivity index (χ0v) is 5.76. The third-order valence-corrected chi connectivity index (χ3v) is 0.899. The van der Waals surface area contributed by atoms with Crippen molar-refractivity contribution in [3.63, 3.8) is 0 Å². The fourth-order valence-electron chi connectivity index (χ4n) is 0.474. The smallest absolute Gasteiger partial charge is 0.317 e. The Morgan fingerprint density at radius 3 is 2.50 bits per heavy atom. The van der Waals surface area contributed by atoms with Crippen LogP contribution in [0, 0.1) is 0 Å². The molecule has 60 valence electrons. The number of rotatable bonds is 6. The van der Waals surface area contributed by atoms with E-state index >= 15 is 0 Å². The third-order valence-electron chi connectivity index (χ3n) is 0.899. The first-order valence-electron chi connectivity index (χ1n) is 3.10. The maximum absolute atomic E-state index is 9.92. The Hall–Kier alpha value is -0.650. The summed E-state index contributed by atoms with van der Waals surface area (Å²) in [5, 5.41) is 13.7. The topological polar surface area (TPSA) is 87.4 Å². The number of nitrogens with one attached hydrogen (secondary N) is 2. The lowest BCUT2D eigenvalue weighted by Gasteiger charge is -2.00. The molecule has 5 nitrogen and oxygen atoms in total. The Bertz CT molecular complexity index is 96.9. The second-order valence-corrected chi connectivity index (χ2v) is 1.77. The summed E-state index contributed by atoms with van der Waals surface area (Å²) >= 11 is 0. The average Bonchev–Trinajstić information content (AvgIpc) is 1.87. The van der Waals surface area contributed by atoms with E-state index in [0.717, 1.165) is 0 Å². The number of aliphatic carboxylic acids is 1. The molecule has 0 saturated carbocycles. The zero-order valence-electron chi connectivity index (χ0n) is 5.76. The summed E-state index contributed by atoms with van der Waals surface area (Å²) in [4.78, 5) is 9.92. The van der Waals surface area contributed by atoms with Crippen LogP contribution in [0.25, 0.3) is 0 Å². The molecule has 0 heterocycles. The van der Waals surface area contributed by atoms with Gasteiger partial charge in [-0.05, 0) is 0 Å². The monoisotopic (exact) mass is 147 g/mol. The molecule has 0 atom stereocenters. The summed E-state index contributed by atoms with van der Waals surface area (Å²) in [6.07, 6.45) is 0. The number of nitrogens with two attached hydrogens (primary N) is 1. The van der Waals surface area contributed by atoms with Gasteiger partial charge in [0.2, 0.25) is 0 Å². The Morgan fingerprint density at radius 1 is 1.40 bits per heavy atom. The Morgan fingerprint density at radius 2 is 2.00 bits per heavy atom. The lowest BCUT2D eigenvalue weighted by Crippen LogP contribution is -2.33. The maximum atomic E-state index is 9.92. The molecular weight excluding hydrogens is 134 g/mol. The molecule has 0 aliphatic heterocycles. The summed E-state index contributed by atoms with van der Waals surface area (Å²) in [6.45, 7) is 1.76. The molecule has 0 aromatic heterocycles. The SMILES string of the molecule is NCNCCNCC(=O)O. The quantitative estimate of drug-likeness (QED) is 0.262. The van der Waals surface area contributed by atoms with Gasteiger partial charge in [-0.3, -0.25) is 4.79 Å². The van der Waals surface area contributed by atoms with Gasteiger partial charge in [0, 0.05) is 19.8 Å². The number of carbonyl (C=O) groups is 1. The predicted octanol–water partition coefficient (Wildman–Crippen LogP) is -1.83. The van der Waals surface area contributed by atoms with Crippen LogP contribution in [0.2, 0.25) is 0 Å². The molecule has 0 saturated heterocycles. The minimum atomic E-state index is -0.840. The van der Waals surface area contributed by atoms with Gasteiger partial charge >= 0.3 is 5.97 Å². The molecule has 0 aliphatic carbocycles. The van der Waals surface area contributed by atoms with E-state index in [1.54, 1.807) is 0 Å². The first-order chi connectivity index (χ1) is 4.77. The lowest BCUT2D eigenvalue weighted by atomic mass is 10.5. The first kappa shape index (κ1) is 9.35. The molecule has 0 rings (SSSR count). The van der Waals surface area contributed by atoms with Gasteiger partial charge in [-0.15, -0.1) is 0 Å². The summed E-state index contributed by atoms with van der Waals surface area (Å²) in [5.74, 6) is -0.840. The minimum Gasteiger partial charge on any atom is -0.480 e. The minimum absolute atomic E-state index is 0.00620. The summed E-state index contributed by atoms with van der Waals surface area (Å²) in [7, 11) is 0. The number of hydrogen-bond donors (Lipinski definition) is 4. The molecule has 5 heteroatoms. The second kappa shape index (κ2) is 6.47. The lowest BCUT2D eigenvalue weighted by molar-refractivity contribution is -0.135. The molecule has 0 unspecified atom stereocenters. The Kier molecular flexibility index (Phi) is 6.05. The number of hydrogen-bond acceptors (Lipinski definition) is 4. The summed E-state index contributed by atoms with van der Waals surface area (Å²) < 4.78 is 0. The van der Waals surface area contributed by atoms with Crippen LogP contribution in [-0.4, -0.2) is 37.4 Å². The molecular formula is C5H13N3O2. The number of carboxylic acids is 1. The fraction of sp³-hybridized carbons (Fsp3) is 0.800. The first-order valence-corrected chi connectivity index (χ1v) is 3.10. The highest BCUT2D eigenvalue weighted by Crippen LogP contribution is 1.59. The molecule has 0 amide bonds. The standard InChI is InChI=1S/C5H13N3O2/c6-4-8-2-1-7-3-5(9)10/h7-8H,1-4,6H2,(H,9,10). The van der Waals surface area contributed by atoms with E-state index in [1.807, 2.05) is 0 Å². The highest BCUT2D eigenvalue weighted by atomic mass is 16.4. The van der Waals surface area contributed by atoms with E-state index in [9.17, 15) is 4.79 Å². The van der Waals surface area contributed by atoms with Crippen molar-refractivity contribution >= 4 is 5.97 Å². The van der Waals surface area contributed by atoms with E-state index in [2.05, 4.69) is 10.6 Å². The summed E-state index contributed by atoms with van der Waals surface area (Å²) in [6, 6.07) is 0. The van der Waals surface area contributed by atoms with Gasteiger partial charge in [-0.2, -0.15) is 0 Å². The molecule has 0 spiro atoms. The van der Waals surface area contributed by atoms with Crippen molar-refractivity contribution in [2.75, 3.05) is 26.3 Å². The van der Waals surface area contributed by atoms with E-state index in [0.29, 0.717) is 19.8 Å². The van der Waals surface area contributed by atoms with Crippen molar-refractivity contribution in [3.05, 3.63) is 0 Å². The van der Waals surface area contributed by atoms with E-state index in [-0.39, 0.29) is 6.54 Å². The van der Waals surface area contributed by atoms with Crippen molar-refractivity contribution in [3.8, 4) is 0 Å². The van der Waals surface area contributed by atoms with Crippen LogP contribution >= 0.6 is 0 Å². The van der Waals surface area contributed by atoms with Crippen LogP contribution in [0.15, 0.2) is 0 Å². The molecule has 10 heavy (non-hydrogen) atoms. The second-order valence-electron chi connectivity index (χ2n) is 1.77. The van der Waals surface area contributed by atoms with Crippen molar-refractivity contribution in [1.29, 1.82) is 0 Å². The highest BCUT2D eigenvalue weighted by molar-refractivity contribution is 5.68. The summed E-state index contributed by atoms with van der Waals surface area (Å²) in [5.41, 5.74) is 5.12. The van der Waals surface area contributed by atoms with Crippen LogP contribution in [0.5, 0.6) is 0 Å². The molecule has 0 aromatic rings. The molecule has 0 aromatic carbocycles. The fourth-order valence-corrected chi connectivity index (χ4v) is 0.474. The predicted molar refractivity (Wildman–Crippen MR) is 37.6 cm³/mol. The van der Waals surface area contributed by atoms with Crippen molar-refractivity contribution < 1.29 is 9.90 Å². The van der Waals surface area contributed by atoms with Crippen LogP contribution in [0.4, 0.5) is 0 Å². The molecule has 5 N–H and O–H groups in total. The van der Waals surface area contributed by atoms with E-state index in [1.165, 1.54) is 0 Å². The van der Waals surface area contributed by atoms with E-state index < -0.39 is 5.97 Å². The van der Waals surface area contributed by atoms with Gasteiger partial charge in [0.25, 0.3) is 0 Å². The van der Waals surface area contributed by atoms with Crippen LogP contribution < -0.4 is 16.4 Å². The highest BCUT2D eigenvalue weighted by Gasteiger charge is 1.92. The molecule has 0 bridgehead atoms. The maximum Gasteiger partial charge on any atom is 0.317 e. The zero-order chi connectivity index (χ0) is 7.82. The van der Waals surface area contributed by atoms with Gasteiger partial charge in [-0.25, -0.2) is 0 Å². The van der Waals surface area contributed by atoms with Crippen LogP contribution in [0.3, 0.4) is 0 Å².